The molecule has 0 saturated carbocycles. The lowest BCUT2D eigenvalue weighted by molar-refractivity contribution is 0.0957. The molecule has 0 radical (unpaired) electrons. The van der Waals surface area contributed by atoms with Crippen molar-refractivity contribution in [3.8, 4) is 0 Å². The molecule has 1 aromatic carbocycles. The summed E-state index contributed by atoms with van der Waals surface area (Å²) in [5.41, 5.74) is 0.410. The van der Waals surface area contributed by atoms with Crippen LogP contribution in [0.2, 0.25) is 0 Å². The van der Waals surface area contributed by atoms with E-state index >= 15 is 0 Å². The summed E-state index contributed by atoms with van der Waals surface area (Å²) in [4.78, 5) is 0. The van der Waals surface area contributed by atoms with Gasteiger partial charge in [0.25, 0.3) is 0 Å². The van der Waals surface area contributed by atoms with E-state index in [1.54, 1.807) is 6.92 Å². The number of rotatable bonds is 5. The Labute approximate surface area is 118 Å². The van der Waals surface area contributed by atoms with Crippen LogP contribution in [0.1, 0.15) is 25.5 Å². The predicted molar refractivity (Wildman–Crippen MR) is 76.0 cm³/mol. The maximum absolute atomic E-state index is 9.25. The highest BCUT2D eigenvalue weighted by Crippen LogP contribution is 2.27. The van der Waals surface area contributed by atoms with Gasteiger partial charge >= 0.3 is 0 Å². The van der Waals surface area contributed by atoms with Gasteiger partial charge in [-0.05, 0) is 31.5 Å². The van der Waals surface area contributed by atoms with Crippen LogP contribution >= 0.6 is 31.9 Å². The van der Waals surface area contributed by atoms with Crippen molar-refractivity contribution < 1.29 is 10.2 Å². The molecule has 5 heteroatoms. The summed E-state index contributed by atoms with van der Waals surface area (Å²) < 4.78 is 2.00. The van der Waals surface area contributed by atoms with E-state index in [9.17, 15) is 10.2 Å². The van der Waals surface area contributed by atoms with Crippen LogP contribution in [-0.2, 0) is 0 Å². The SMILES string of the molecule is CC(NC(C)(CO)CO)c1ccc(Br)cc1Br. The minimum atomic E-state index is -0.675. The largest absolute Gasteiger partial charge is 0.394 e. The highest BCUT2D eigenvalue weighted by molar-refractivity contribution is 9.11. The number of hydrogen-bond acceptors (Lipinski definition) is 3. The van der Waals surface area contributed by atoms with Gasteiger partial charge in [0, 0.05) is 15.0 Å². The number of nitrogens with one attached hydrogen (secondary N) is 1. The van der Waals surface area contributed by atoms with E-state index in [2.05, 4.69) is 37.2 Å². The van der Waals surface area contributed by atoms with E-state index in [0.29, 0.717) is 0 Å². The second kappa shape index (κ2) is 6.29. The van der Waals surface area contributed by atoms with Crippen molar-refractivity contribution in [3.05, 3.63) is 32.7 Å². The second-order valence-corrected chi connectivity index (χ2v) is 6.18. The molecule has 0 aliphatic heterocycles. The highest BCUT2D eigenvalue weighted by Gasteiger charge is 2.25. The number of benzene rings is 1. The zero-order valence-corrected chi connectivity index (χ0v) is 13.0. The molecule has 0 saturated heterocycles. The van der Waals surface area contributed by atoms with E-state index in [1.807, 2.05) is 25.1 Å². The first-order valence-electron chi connectivity index (χ1n) is 5.36. The molecule has 96 valence electrons. The fraction of sp³-hybridized carbons (Fsp3) is 0.500. The minimum absolute atomic E-state index is 0.0294. The average Bonchev–Trinajstić information content (AvgIpc) is 2.28. The lowest BCUT2D eigenvalue weighted by Gasteiger charge is -2.31. The van der Waals surface area contributed by atoms with Gasteiger partial charge in [-0.3, -0.25) is 0 Å². The summed E-state index contributed by atoms with van der Waals surface area (Å²) in [6, 6.07) is 5.97. The molecular weight excluding hydrogens is 350 g/mol. The second-order valence-electron chi connectivity index (χ2n) is 4.41. The molecule has 0 fully saturated rings. The fourth-order valence-electron chi connectivity index (χ4n) is 1.59. The maximum Gasteiger partial charge on any atom is 0.0633 e. The molecule has 1 aromatic rings. The predicted octanol–water partition coefficient (Wildman–Crippen LogP) is 2.61. The zero-order chi connectivity index (χ0) is 13.1. The Morgan fingerprint density at radius 2 is 1.88 bits per heavy atom. The van der Waals surface area contributed by atoms with Crippen LogP contribution in [0.15, 0.2) is 27.1 Å². The van der Waals surface area contributed by atoms with Gasteiger partial charge in [0.1, 0.15) is 0 Å². The van der Waals surface area contributed by atoms with Crippen molar-refractivity contribution in [2.75, 3.05) is 13.2 Å². The number of halogens is 2. The van der Waals surface area contributed by atoms with Gasteiger partial charge in [0.05, 0.1) is 18.8 Å². The molecule has 0 heterocycles. The first-order chi connectivity index (χ1) is 7.91. The summed E-state index contributed by atoms with van der Waals surface area (Å²) in [7, 11) is 0. The van der Waals surface area contributed by atoms with Gasteiger partial charge in [0.15, 0.2) is 0 Å². The van der Waals surface area contributed by atoms with E-state index in [0.717, 1.165) is 14.5 Å². The third-order valence-corrected chi connectivity index (χ3v) is 3.87. The molecule has 3 nitrogen and oxygen atoms in total. The number of aliphatic hydroxyl groups excluding tert-OH is 2. The Morgan fingerprint density at radius 1 is 1.29 bits per heavy atom. The van der Waals surface area contributed by atoms with Gasteiger partial charge in [-0.25, -0.2) is 0 Å². The lowest BCUT2D eigenvalue weighted by Crippen LogP contribution is -2.49. The molecule has 3 N–H and O–H groups in total. The fourth-order valence-corrected chi connectivity index (χ4v) is 2.98. The molecule has 0 bridgehead atoms. The minimum Gasteiger partial charge on any atom is -0.394 e. The summed E-state index contributed by atoms with van der Waals surface area (Å²) in [6.07, 6.45) is 0. The van der Waals surface area contributed by atoms with Gasteiger partial charge in [-0.2, -0.15) is 0 Å². The van der Waals surface area contributed by atoms with Crippen molar-refractivity contribution in [1.29, 1.82) is 0 Å². The van der Waals surface area contributed by atoms with E-state index in [-0.39, 0.29) is 19.3 Å². The Hall–Kier alpha value is 0.0600. The summed E-state index contributed by atoms with van der Waals surface area (Å²) >= 11 is 6.91. The van der Waals surface area contributed by atoms with Crippen LogP contribution in [0.25, 0.3) is 0 Å². The zero-order valence-electron chi connectivity index (χ0n) is 9.87. The molecule has 0 aliphatic carbocycles. The first kappa shape index (κ1) is 15.1. The Bertz CT molecular complexity index is 381. The molecule has 17 heavy (non-hydrogen) atoms. The quantitative estimate of drug-likeness (QED) is 0.750. The van der Waals surface area contributed by atoms with Crippen LogP contribution in [0, 0.1) is 0 Å². The van der Waals surface area contributed by atoms with Crippen molar-refractivity contribution in [2.45, 2.75) is 25.4 Å². The van der Waals surface area contributed by atoms with Crippen molar-refractivity contribution in [2.24, 2.45) is 0 Å². The van der Waals surface area contributed by atoms with E-state index in [4.69, 9.17) is 0 Å². The molecule has 1 unspecified atom stereocenters. The molecule has 0 aromatic heterocycles. The van der Waals surface area contributed by atoms with E-state index in [1.165, 1.54) is 0 Å². The van der Waals surface area contributed by atoms with Crippen LogP contribution < -0.4 is 5.32 Å². The van der Waals surface area contributed by atoms with Gasteiger partial charge in [-0.15, -0.1) is 0 Å². The molecule has 1 atom stereocenters. The van der Waals surface area contributed by atoms with Crippen LogP contribution in [0.3, 0.4) is 0 Å². The third kappa shape index (κ3) is 4.03. The smallest absolute Gasteiger partial charge is 0.0633 e. The lowest BCUT2D eigenvalue weighted by atomic mass is 10.0. The summed E-state index contributed by atoms with van der Waals surface area (Å²) in [6.45, 7) is 3.57. The average molecular weight is 367 g/mol. The monoisotopic (exact) mass is 365 g/mol. The number of aliphatic hydroxyl groups is 2. The van der Waals surface area contributed by atoms with Gasteiger partial charge in [0.2, 0.25) is 0 Å². The summed E-state index contributed by atoms with van der Waals surface area (Å²) in [5.74, 6) is 0. The van der Waals surface area contributed by atoms with Crippen LogP contribution in [-0.4, -0.2) is 29.0 Å². The number of hydrogen-bond donors (Lipinski definition) is 3. The third-order valence-electron chi connectivity index (χ3n) is 2.69. The first-order valence-corrected chi connectivity index (χ1v) is 6.95. The Morgan fingerprint density at radius 3 is 2.35 bits per heavy atom. The molecular formula is C12H17Br2NO2. The molecule has 1 rings (SSSR count). The topological polar surface area (TPSA) is 52.5 Å². The van der Waals surface area contributed by atoms with Crippen molar-refractivity contribution in [1.82, 2.24) is 5.32 Å². The Balaban J connectivity index is 2.86. The highest BCUT2D eigenvalue weighted by atomic mass is 79.9. The van der Waals surface area contributed by atoms with Gasteiger partial charge in [-0.1, -0.05) is 37.9 Å². The summed E-state index contributed by atoms with van der Waals surface area (Å²) in [5, 5.41) is 21.7. The van der Waals surface area contributed by atoms with E-state index < -0.39 is 5.54 Å². The van der Waals surface area contributed by atoms with Crippen LogP contribution in [0.4, 0.5) is 0 Å². The normalized spacial score (nSPS) is 13.8. The maximum atomic E-state index is 9.25. The molecule has 0 aliphatic rings. The Kier molecular flexibility index (Phi) is 5.60. The van der Waals surface area contributed by atoms with Crippen molar-refractivity contribution in [3.63, 3.8) is 0 Å². The standard InChI is InChI=1S/C12H17Br2NO2/c1-8(15-12(2,6-16)7-17)10-4-3-9(13)5-11(10)14/h3-5,8,15-17H,6-7H2,1-2H3. The van der Waals surface area contributed by atoms with Crippen LogP contribution in [0.5, 0.6) is 0 Å². The molecule has 0 amide bonds. The van der Waals surface area contributed by atoms with Gasteiger partial charge < -0.3 is 15.5 Å². The molecule has 0 spiro atoms. The van der Waals surface area contributed by atoms with Crippen molar-refractivity contribution >= 4 is 31.9 Å².